The van der Waals surface area contributed by atoms with Crippen molar-refractivity contribution in [3.8, 4) is 5.75 Å². The molecule has 0 aliphatic heterocycles. The van der Waals surface area contributed by atoms with Gasteiger partial charge in [-0.3, -0.25) is 4.99 Å². The summed E-state index contributed by atoms with van der Waals surface area (Å²) in [7, 11) is 4.62. The maximum absolute atomic E-state index is 11.9. The SMILES string of the molecule is CN=C(NCc1ccc(OC)c(C(=O)OC)c1)NCC(C)c1cccs1. The summed E-state index contributed by atoms with van der Waals surface area (Å²) in [5, 5.41) is 8.67. The van der Waals surface area contributed by atoms with E-state index in [0.29, 0.717) is 29.7 Å². The molecule has 1 aromatic carbocycles. The number of aliphatic imine (C=N–C) groups is 1. The first-order chi connectivity index (χ1) is 12.6. The Labute approximate surface area is 158 Å². The average molecular weight is 375 g/mol. The number of esters is 1. The molecule has 0 bridgehead atoms. The highest BCUT2D eigenvalue weighted by molar-refractivity contribution is 7.10. The summed E-state index contributed by atoms with van der Waals surface area (Å²) in [4.78, 5) is 17.5. The Hall–Kier alpha value is -2.54. The summed E-state index contributed by atoms with van der Waals surface area (Å²) >= 11 is 1.75. The number of ether oxygens (including phenoxy) is 2. The van der Waals surface area contributed by atoms with E-state index in [2.05, 4.69) is 40.1 Å². The predicted molar refractivity (Wildman–Crippen MR) is 105 cm³/mol. The van der Waals surface area contributed by atoms with Gasteiger partial charge in [-0.15, -0.1) is 11.3 Å². The van der Waals surface area contributed by atoms with Crippen LogP contribution in [0.1, 0.15) is 33.6 Å². The van der Waals surface area contributed by atoms with Gasteiger partial charge in [0.1, 0.15) is 11.3 Å². The molecule has 7 heteroatoms. The van der Waals surface area contributed by atoms with E-state index in [1.165, 1.54) is 19.1 Å². The molecule has 1 atom stereocenters. The van der Waals surface area contributed by atoms with Crippen LogP contribution >= 0.6 is 11.3 Å². The van der Waals surface area contributed by atoms with Crippen LogP contribution in [0, 0.1) is 0 Å². The molecule has 1 unspecified atom stereocenters. The summed E-state index contributed by atoms with van der Waals surface area (Å²) < 4.78 is 10.0. The highest BCUT2D eigenvalue weighted by atomic mass is 32.1. The number of hydrogen-bond donors (Lipinski definition) is 2. The van der Waals surface area contributed by atoms with E-state index in [9.17, 15) is 4.79 Å². The van der Waals surface area contributed by atoms with Crippen LogP contribution in [-0.4, -0.2) is 39.7 Å². The molecule has 2 rings (SSSR count). The topological polar surface area (TPSA) is 72.0 Å². The molecule has 140 valence electrons. The molecule has 2 aromatic rings. The van der Waals surface area contributed by atoms with Gasteiger partial charge < -0.3 is 20.1 Å². The Morgan fingerprint density at radius 2 is 2.08 bits per heavy atom. The number of carbonyl (C=O) groups excluding carboxylic acids is 1. The third-order valence-corrected chi connectivity index (χ3v) is 5.06. The van der Waals surface area contributed by atoms with Crippen LogP contribution in [0.3, 0.4) is 0 Å². The lowest BCUT2D eigenvalue weighted by Crippen LogP contribution is -2.38. The second-order valence-electron chi connectivity index (χ2n) is 5.75. The molecule has 0 amide bonds. The van der Waals surface area contributed by atoms with Crippen molar-refractivity contribution in [1.29, 1.82) is 0 Å². The third-order valence-electron chi connectivity index (χ3n) is 3.96. The van der Waals surface area contributed by atoms with Crippen LogP contribution in [-0.2, 0) is 11.3 Å². The fourth-order valence-electron chi connectivity index (χ4n) is 2.46. The monoisotopic (exact) mass is 375 g/mol. The van der Waals surface area contributed by atoms with Crippen molar-refractivity contribution < 1.29 is 14.3 Å². The largest absolute Gasteiger partial charge is 0.496 e. The molecule has 0 spiro atoms. The first-order valence-corrected chi connectivity index (χ1v) is 9.20. The van der Waals surface area contributed by atoms with Crippen molar-refractivity contribution >= 4 is 23.3 Å². The van der Waals surface area contributed by atoms with Crippen LogP contribution in [0.4, 0.5) is 0 Å². The molecule has 2 N–H and O–H groups in total. The number of rotatable bonds is 7. The molecular formula is C19H25N3O3S. The number of carbonyl (C=O) groups is 1. The van der Waals surface area contributed by atoms with Gasteiger partial charge in [-0.2, -0.15) is 0 Å². The van der Waals surface area contributed by atoms with E-state index >= 15 is 0 Å². The molecule has 0 saturated carbocycles. The average Bonchev–Trinajstić information content (AvgIpc) is 3.22. The molecule has 6 nitrogen and oxygen atoms in total. The predicted octanol–water partition coefficient (Wildman–Crippen LogP) is 3.01. The van der Waals surface area contributed by atoms with E-state index in [0.717, 1.165) is 12.1 Å². The minimum Gasteiger partial charge on any atom is -0.496 e. The zero-order valence-electron chi connectivity index (χ0n) is 15.5. The number of nitrogens with zero attached hydrogens (tertiary/aromatic N) is 1. The first-order valence-electron chi connectivity index (χ1n) is 8.32. The van der Waals surface area contributed by atoms with E-state index in [1.54, 1.807) is 30.5 Å². The van der Waals surface area contributed by atoms with Gasteiger partial charge in [-0.25, -0.2) is 4.79 Å². The molecule has 1 heterocycles. The lowest BCUT2D eigenvalue weighted by Gasteiger charge is -2.16. The minimum atomic E-state index is -0.420. The van der Waals surface area contributed by atoms with Crippen molar-refractivity contribution in [3.63, 3.8) is 0 Å². The fourth-order valence-corrected chi connectivity index (χ4v) is 3.25. The number of hydrogen-bond acceptors (Lipinski definition) is 5. The molecule has 0 fully saturated rings. The quantitative estimate of drug-likeness (QED) is 0.442. The second-order valence-corrected chi connectivity index (χ2v) is 6.73. The van der Waals surface area contributed by atoms with Gasteiger partial charge in [-0.05, 0) is 29.1 Å². The van der Waals surface area contributed by atoms with Gasteiger partial charge in [0.15, 0.2) is 5.96 Å². The minimum absolute atomic E-state index is 0.403. The van der Waals surface area contributed by atoms with Crippen LogP contribution in [0.15, 0.2) is 40.7 Å². The number of thiophene rings is 1. The van der Waals surface area contributed by atoms with Gasteiger partial charge >= 0.3 is 5.97 Å². The molecular weight excluding hydrogens is 350 g/mol. The van der Waals surface area contributed by atoms with Crippen LogP contribution < -0.4 is 15.4 Å². The summed E-state index contributed by atoms with van der Waals surface area (Å²) in [6, 6.07) is 9.63. The highest BCUT2D eigenvalue weighted by Crippen LogP contribution is 2.21. The van der Waals surface area contributed by atoms with Gasteiger partial charge in [0, 0.05) is 30.9 Å². The third kappa shape index (κ3) is 5.23. The van der Waals surface area contributed by atoms with E-state index in [4.69, 9.17) is 9.47 Å². The van der Waals surface area contributed by atoms with E-state index in [-0.39, 0.29) is 0 Å². The lowest BCUT2D eigenvalue weighted by molar-refractivity contribution is 0.0597. The maximum Gasteiger partial charge on any atom is 0.341 e. The smallest absolute Gasteiger partial charge is 0.341 e. The number of nitrogens with one attached hydrogen (secondary N) is 2. The van der Waals surface area contributed by atoms with Gasteiger partial charge in [0.2, 0.25) is 0 Å². The van der Waals surface area contributed by atoms with Crippen molar-refractivity contribution in [2.75, 3.05) is 27.8 Å². The second kappa shape index (κ2) is 9.82. The molecule has 0 aliphatic rings. The molecule has 0 aliphatic carbocycles. The van der Waals surface area contributed by atoms with Crippen molar-refractivity contribution in [2.24, 2.45) is 4.99 Å². The Kier molecular flexibility index (Phi) is 7.47. The number of methoxy groups -OCH3 is 2. The van der Waals surface area contributed by atoms with Crippen LogP contribution in [0.5, 0.6) is 5.75 Å². The highest BCUT2D eigenvalue weighted by Gasteiger charge is 2.13. The zero-order chi connectivity index (χ0) is 18.9. The Morgan fingerprint density at radius 3 is 2.69 bits per heavy atom. The normalized spacial score (nSPS) is 12.4. The summed E-state index contributed by atoms with van der Waals surface area (Å²) in [6.07, 6.45) is 0. The maximum atomic E-state index is 11.9. The molecule has 0 radical (unpaired) electrons. The van der Waals surface area contributed by atoms with Gasteiger partial charge in [0.05, 0.1) is 14.2 Å². The van der Waals surface area contributed by atoms with Crippen molar-refractivity contribution in [1.82, 2.24) is 10.6 Å². The summed E-state index contributed by atoms with van der Waals surface area (Å²) in [5.74, 6) is 1.19. The van der Waals surface area contributed by atoms with Crippen molar-refractivity contribution in [3.05, 3.63) is 51.7 Å². The molecule has 1 aromatic heterocycles. The van der Waals surface area contributed by atoms with E-state index < -0.39 is 5.97 Å². The Morgan fingerprint density at radius 1 is 1.27 bits per heavy atom. The van der Waals surface area contributed by atoms with Gasteiger partial charge in [0.25, 0.3) is 0 Å². The summed E-state index contributed by atoms with van der Waals surface area (Å²) in [6.45, 7) is 3.50. The summed E-state index contributed by atoms with van der Waals surface area (Å²) in [5.41, 5.74) is 1.34. The molecule has 0 saturated heterocycles. The zero-order valence-corrected chi connectivity index (χ0v) is 16.4. The number of guanidine groups is 1. The molecule has 26 heavy (non-hydrogen) atoms. The Bertz CT molecular complexity index is 744. The first kappa shape index (κ1) is 19.8. The van der Waals surface area contributed by atoms with Crippen molar-refractivity contribution in [2.45, 2.75) is 19.4 Å². The van der Waals surface area contributed by atoms with Crippen LogP contribution in [0.2, 0.25) is 0 Å². The number of benzene rings is 1. The van der Waals surface area contributed by atoms with E-state index in [1.807, 2.05) is 6.07 Å². The standard InChI is InChI=1S/C19H25N3O3S/c1-13(17-6-5-9-26-17)11-21-19(20-2)22-12-14-7-8-16(24-3)15(10-14)18(23)25-4/h5-10,13H,11-12H2,1-4H3,(H2,20,21,22). The Balaban J connectivity index is 1.94. The van der Waals surface area contributed by atoms with Crippen LogP contribution in [0.25, 0.3) is 0 Å². The van der Waals surface area contributed by atoms with Gasteiger partial charge in [-0.1, -0.05) is 19.1 Å². The lowest BCUT2D eigenvalue weighted by atomic mass is 10.1. The fraction of sp³-hybridized carbons (Fsp3) is 0.368.